The highest BCUT2D eigenvalue weighted by Crippen LogP contribution is 2.36. The van der Waals surface area contributed by atoms with Crippen LogP contribution in [-0.2, 0) is 9.53 Å². The Hall–Kier alpha value is -1.62. The largest absolute Gasteiger partial charge is 0.464 e. The predicted octanol–water partition coefficient (Wildman–Crippen LogP) is 3.78. The molecule has 0 unspecified atom stereocenters. The maximum atomic E-state index is 12.4. The SMILES string of the molecule is Cc1ccc(NC2CCN(CCOC(=O)C3(C)CCCCC3)CC2)nc1. The van der Waals surface area contributed by atoms with Gasteiger partial charge in [-0.05, 0) is 51.2 Å². The number of carbonyl (C=O) groups excluding carboxylic acids is 1. The third kappa shape index (κ3) is 5.19. The molecule has 2 fully saturated rings. The Morgan fingerprint density at radius 3 is 2.65 bits per heavy atom. The molecule has 0 aromatic carbocycles. The van der Waals surface area contributed by atoms with Crippen LogP contribution in [0.25, 0.3) is 0 Å². The molecule has 1 saturated heterocycles. The first-order valence-electron chi connectivity index (χ1n) is 10.1. The third-order valence-electron chi connectivity index (χ3n) is 5.94. The third-order valence-corrected chi connectivity index (χ3v) is 5.94. The van der Waals surface area contributed by atoms with E-state index >= 15 is 0 Å². The molecule has 5 heteroatoms. The van der Waals surface area contributed by atoms with Crippen molar-refractivity contribution in [1.29, 1.82) is 0 Å². The second-order valence-electron chi connectivity index (χ2n) is 8.24. The van der Waals surface area contributed by atoms with E-state index in [0.29, 0.717) is 12.6 Å². The number of nitrogens with one attached hydrogen (secondary N) is 1. The van der Waals surface area contributed by atoms with Crippen LogP contribution in [0.15, 0.2) is 18.3 Å². The van der Waals surface area contributed by atoms with Crippen LogP contribution < -0.4 is 5.32 Å². The van der Waals surface area contributed by atoms with Crippen molar-refractivity contribution in [2.45, 2.75) is 64.8 Å². The van der Waals surface area contributed by atoms with Gasteiger partial charge in [-0.25, -0.2) is 4.98 Å². The molecule has 0 amide bonds. The molecule has 0 bridgehead atoms. The van der Waals surface area contributed by atoms with E-state index in [1.54, 1.807) is 0 Å². The van der Waals surface area contributed by atoms with E-state index in [1.807, 2.05) is 12.3 Å². The van der Waals surface area contributed by atoms with Gasteiger partial charge in [0.1, 0.15) is 12.4 Å². The van der Waals surface area contributed by atoms with Gasteiger partial charge >= 0.3 is 5.97 Å². The molecule has 1 aliphatic carbocycles. The maximum Gasteiger partial charge on any atom is 0.311 e. The Morgan fingerprint density at radius 2 is 2.00 bits per heavy atom. The zero-order valence-corrected chi connectivity index (χ0v) is 16.3. The first-order valence-corrected chi connectivity index (χ1v) is 10.1. The lowest BCUT2D eigenvalue weighted by atomic mass is 9.76. The van der Waals surface area contributed by atoms with Crippen molar-refractivity contribution in [3.05, 3.63) is 23.9 Å². The smallest absolute Gasteiger partial charge is 0.311 e. The van der Waals surface area contributed by atoms with Crippen LogP contribution in [0.5, 0.6) is 0 Å². The number of nitrogens with zero attached hydrogens (tertiary/aromatic N) is 2. The topological polar surface area (TPSA) is 54.5 Å². The summed E-state index contributed by atoms with van der Waals surface area (Å²) in [6.07, 6.45) is 9.63. The maximum absolute atomic E-state index is 12.4. The number of likely N-dealkylation sites (tertiary alicyclic amines) is 1. The fourth-order valence-electron chi connectivity index (χ4n) is 4.04. The van der Waals surface area contributed by atoms with Crippen LogP contribution in [0.4, 0.5) is 5.82 Å². The van der Waals surface area contributed by atoms with Crippen LogP contribution in [0.2, 0.25) is 0 Å². The van der Waals surface area contributed by atoms with Gasteiger partial charge in [0.05, 0.1) is 5.41 Å². The van der Waals surface area contributed by atoms with Gasteiger partial charge in [0.15, 0.2) is 0 Å². The summed E-state index contributed by atoms with van der Waals surface area (Å²) < 4.78 is 5.61. The molecule has 1 saturated carbocycles. The monoisotopic (exact) mass is 359 g/mol. The highest BCUT2D eigenvalue weighted by Gasteiger charge is 2.36. The van der Waals surface area contributed by atoms with Gasteiger partial charge < -0.3 is 10.1 Å². The molecule has 0 atom stereocenters. The number of hydrogen-bond acceptors (Lipinski definition) is 5. The minimum atomic E-state index is -0.240. The number of esters is 1. The van der Waals surface area contributed by atoms with E-state index in [1.165, 1.54) is 12.0 Å². The highest BCUT2D eigenvalue weighted by atomic mass is 16.5. The molecule has 26 heavy (non-hydrogen) atoms. The predicted molar refractivity (Wildman–Crippen MR) is 104 cm³/mol. The summed E-state index contributed by atoms with van der Waals surface area (Å²) in [6.45, 7) is 7.57. The van der Waals surface area contributed by atoms with E-state index in [4.69, 9.17) is 4.74 Å². The Labute approximate surface area is 157 Å². The van der Waals surface area contributed by atoms with Gasteiger partial charge in [-0.2, -0.15) is 0 Å². The fraction of sp³-hybridized carbons (Fsp3) is 0.714. The zero-order chi connectivity index (χ0) is 18.4. The van der Waals surface area contributed by atoms with E-state index in [2.05, 4.69) is 35.1 Å². The summed E-state index contributed by atoms with van der Waals surface area (Å²) in [5.74, 6) is 0.975. The Morgan fingerprint density at radius 1 is 1.27 bits per heavy atom. The number of pyridine rings is 1. The summed E-state index contributed by atoms with van der Waals surface area (Å²) in [4.78, 5) is 19.2. The van der Waals surface area contributed by atoms with Crippen molar-refractivity contribution in [2.75, 3.05) is 31.6 Å². The van der Waals surface area contributed by atoms with Crippen LogP contribution >= 0.6 is 0 Å². The van der Waals surface area contributed by atoms with Crippen molar-refractivity contribution < 1.29 is 9.53 Å². The van der Waals surface area contributed by atoms with E-state index < -0.39 is 0 Å². The molecule has 2 aliphatic rings. The quantitative estimate of drug-likeness (QED) is 0.784. The standard InChI is InChI=1S/C21H33N3O2/c1-17-6-7-19(22-16-17)23-18-8-12-24(13-9-18)14-15-26-20(25)21(2)10-4-3-5-11-21/h6-7,16,18H,3-5,8-15H2,1-2H3,(H,22,23). The molecule has 5 nitrogen and oxygen atoms in total. The van der Waals surface area contributed by atoms with Gasteiger partial charge in [0.25, 0.3) is 0 Å². The first kappa shape index (κ1) is 19.2. The van der Waals surface area contributed by atoms with Gasteiger partial charge in [-0.1, -0.05) is 25.3 Å². The van der Waals surface area contributed by atoms with Crippen LogP contribution in [0, 0.1) is 12.3 Å². The molecule has 0 spiro atoms. The number of rotatable bonds is 6. The molecule has 1 N–H and O–H groups in total. The highest BCUT2D eigenvalue weighted by molar-refractivity contribution is 5.76. The summed E-state index contributed by atoms with van der Waals surface area (Å²) in [6, 6.07) is 4.61. The molecule has 0 radical (unpaired) electrons. The molecule has 1 aliphatic heterocycles. The number of piperidine rings is 1. The second-order valence-corrected chi connectivity index (χ2v) is 8.24. The van der Waals surface area contributed by atoms with Crippen molar-refractivity contribution in [3.8, 4) is 0 Å². The van der Waals surface area contributed by atoms with Gasteiger partial charge in [0, 0.05) is 31.9 Å². The molecule has 3 rings (SSSR count). The van der Waals surface area contributed by atoms with Crippen LogP contribution in [0.1, 0.15) is 57.4 Å². The van der Waals surface area contributed by atoms with Crippen LogP contribution in [0.3, 0.4) is 0 Å². The van der Waals surface area contributed by atoms with Crippen molar-refractivity contribution in [1.82, 2.24) is 9.88 Å². The lowest BCUT2D eigenvalue weighted by molar-refractivity contribution is -0.157. The number of anilines is 1. The van der Waals surface area contributed by atoms with E-state index in [9.17, 15) is 4.79 Å². The zero-order valence-electron chi connectivity index (χ0n) is 16.3. The van der Waals surface area contributed by atoms with Crippen LogP contribution in [-0.4, -0.2) is 48.1 Å². The molecule has 2 heterocycles. The average molecular weight is 360 g/mol. The Balaban J connectivity index is 1.34. The van der Waals surface area contributed by atoms with Crippen molar-refractivity contribution in [3.63, 3.8) is 0 Å². The lowest BCUT2D eigenvalue weighted by Gasteiger charge is -2.33. The number of aromatic nitrogens is 1. The number of hydrogen-bond donors (Lipinski definition) is 1. The fourth-order valence-corrected chi connectivity index (χ4v) is 4.04. The van der Waals surface area contributed by atoms with E-state index in [0.717, 1.165) is 64.0 Å². The van der Waals surface area contributed by atoms with Crippen molar-refractivity contribution in [2.24, 2.45) is 5.41 Å². The van der Waals surface area contributed by atoms with Gasteiger partial charge in [0.2, 0.25) is 0 Å². The molecule has 1 aromatic heterocycles. The normalized spacial score (nSPS) is 21.3. The summed E-state index contributed by atoms with van der Waals surface area (Å²) >= 11 is 0. The Kier molecular flexibility index (Phi) is 6.52. The Bertz CT molecular complexity index is 573. The number of ether oxygens (including phenoxy) is 1. The molecular weight excluding hydrogens is 326 g/mol. The lowest BCUT2D eigenvalue weighted by Crippen LogP contribution is -2.41. The number of aryl methyl sites for hydroxylation is 1. The van der Waals surface area contributed by atoms with Gasteiger partial charge in [-0.15, -0.1) is 0 Å². The minimum absolute atomic E-state index is 0.0131. The molecule has 1 aromatic rings. The average Bonchev–Trinajstić information content (AvgIpc) is 2.65. The first-order chi connectivity index (χ1) is 12.5. The van der Waals surface area contributed by atoms with Gasteiger partial charge in [-0.3, -0.25) is 9.69 Å². The van der Waals surface area contributed by atoms with E-state index in [-0.39, 0.29) is 11.4 Å². The summed E-state index contributed by atoms with van der Waals surface area (Å²) in [5, 5.41) is 3.53. The summed E-state index contributed by atoms with van der Waals surface area (Å²) in [7, 11) is 0. The minimum Gasteiger partial charge on any atom is -0.464 e. The second kappa shape index (κ2) is 8.85. The summed E-state index contributed by atoms with van der Waals surface area (Å²) in [5.41, 5.74) is 0.943. The van der Waals surface area contributed by atoms with Crippen molar-refractivity contribution >= 4 is 11.8 Å². The number of carbonyl (C=O) groups is 1. The molecular formula is C21H33N3O2. The molecule has 144 valence electrons.